The van der Waals surface area contributed by atoms with Crippen LogP contribution in [0.2, 0.25) is 0 Å². The van der Waals surface area contributed by atoms with Gasteiger partial charge in [0, 0.05) is 24.8 Å². The van der Waals surface area contributed by atoms with Gasteiger partial charge in [0.25, 0.3) is 0 Å². The molecule has 21 heavy (non-hydrogen) atoms. The van der Waals surface area contributed by atoms with Gasteiger partial charge < -0.3 is 19.9 Å². The molecule has 3 N–H and O–H groups in total. The summed E-state index contributed by atoms with van der Waals surface area (Å²) in [6.45, 7) is 5.02. The summed E-state index contributed by atoms with van der Waals surface area (Å²) in [6.07, 6.45) is 1.50. The molecule has 0 aliphatic carbocycles. The van der Waals surface area contributed by atoms with Gasteiger partial charge in [0.15, 0.2) is 5.75 Å². The molecule has 1 unspecified atom stereocenters. The number of hydrogen-bond donors (Lipinski definition) is 3. The van der Waals surface area contributed by atoms with Gasteiger partial charge in [0.05, 0.1) is 12.8 Å². The molecule has 118 valence electrons. The number of aliphatic hydroxyl groups is 1. The second kappa shape index (κ2) is 7.80. The first-order valence-corrected chi connectivity index (χ1v) is 6.94. The van der Waals surface area contributed by atoms with E-state index in [4.69, 9.17) is 5.11 Å². The molecule has 0 spiro atoms. The van der Waals surface area contributed by atoms with Crippen molar-refractivity contribution in [2.45, 2.75) is 32.9 Å². The van der Waals surface area contributed by atoms with Crippen molar-refractivity contribution in [1.29, 1.82) is 0 Å². The summed E-state index contributed by atoms with van der Waals surface area (Å²) in [4.78, 5) is 24.8. The Bertz CT molecular complexity index is 541. The molecule has 0 aliphatic heterocycles. The molecule has 1 heterocycles. The molecule has 0 saturated carbocycles. The van der Waals surface area contributed by atoms with E-state index in [9.17, 15) is 19.8 Å². The van der Waals surface area contributed by atoms with Crippen molar-refractivity contribution in [1.82, 2.24) is 9.47 Å². The van der Waals surface area contributed by atoms with Crippen molar-refractivity contribution in [2.75, 3.05) is 19.7 Å². The number of carbonyl (C=O) groups is 1. The number of aliphatic hydroxyl groups excluding tert-OH is 1. The lowest BCUT2D eigenvalue weighted by Crippen LogP contribution is -2.30. The van der Waals surface area contributed by atoms with Crippen LogP contribution < -0.4 is 5.43 Å². The van der Waals surface area contributed by atoms with Crippen molar-refractivity contribution in [2.24, 2.45) is 0 Å². The van der Waals surface area contributed by atoms with Crippen molar-refractivity contribution < 1.29 is 20.1 Å². The molecule has 0 bridgehead atoms. The Hall–Kier alpha value is -1.86. The van der Waals surface area contributed by atoms with Crippen LogP contribution in [0.3, 0.4) is 0 Å². The lowest BCUT2D eigenvalue weighted by molar-refractivity contribution is -0.141. The highest BCUT2D eigenvalue weighted by Crippen LogP contribution is 2.18. The van der Waals surface area contributed by atoms with Gasteiger partial charge in [-0.1, -0.05) is 13.8 Å². The highest BCUT2D eigenvalue weighted by molar-refractivity contribution is 5.72. The van der Waals surface area contributed by atoms with Crippen molar-refractivity contribution >= 4 is 5.97 Å². The maximum Gasteiger partial charge on any atom is 0.326 e. The molecule has 0 fully saturated rings. The minimum Gasteiger partial charge on any atom is -0.503 e. The van der Waals surface area contributed by atoms with Gasteiger partial charge in [-0.3, -0.25) is 9.69 Å². The van der Waals surface area contributed by atoms with E-state index in [2.05, 4.69) is 0 Å². The highest BCUT2D eigenvalue weighted by Gasteiger charge is 2.21. The van der Waals surface area contributed by atoms with Gasteiger partial charge in [-0.2, -0.15) is 0 Å². The van der Waals surface area contributed by atoms with Crippen LogP contribution in [0, 0.1) is 0 Å². The number of pyridine rings is 1. The molecule has 1 rings (SSSR count). The van der Waals surface area contributed by atoms with Crippen LogP contribution in [0.25, 0.3) is 0 Å². The minimum absolute atomic E-state index is 0.0215. The van der Waals surface area contributed by atoms with Gasteiger partial charge >= 0.3 is 5.97 Å². The molecular weight excluding hydrogens is 276 g/mol. The summed E-state index contributed by atoms with van der Waals surface area (Å²) in [5, 5.41) is 27.9. The zero-order valence-corrected chi connectivity index (χ0v) is 12.3. The summed E-state index contributed by atoms with van der Waals surface area (Å²) < 4.78 is 1.42. The topological polar surface area (TPSA) is 103 Å². The zero-order valence-electron chi connectivity index (χ0n) is 12.3. The first-order valence-electron chi connectivity index (χ1n) is 6.94. The van der Waals surface area contributed by atoms with Crippen molar-refractivity contribution in [3.63, 3.8) is 0 Å². The Morgan fingerprint density at radius 3 is 2.57 bits per heavy atom. The Labute approximate surface area is 123 Å². The van der Waals surface area contributed by atoms with Crippen LogP contribution in [-0.2, 0) is 11.3 Å². The third-order valence-electron chi connectivity index (χ3n) is 3.40. The Morgan fingerprint density at radius 1 is 1.43 bits per heavy atom. The van der Waals surface area contributed by atoms with Crippen LogP contribution in [0.5, 0.6) is 5.75 Å². The van der Waals surface area contributed by atoms with E-state index in [0.717, 1.165) is 0 Å². The quantitative estimate of drug-likeness (QED) is 0.642. The maximum absolute atomic E-state index is 11.6. The van der Waals surface area contributed by atoms with E-state index < -0.39 is 23.2 Å². The van der Waals surface area contributed by atoms with E-state index in [1.54, 1.807) is 6.92 Å². The Balaban J connectivity index is 3.25. The number of aromatic hydroxyl groups is 1. The van der Waals surface area contributed by atoms with Crippen LogP contribution in [0.4, 0.5) is 0 Å². The smallest absolute Gasteiger partial charge is 0.326 e. The van der Waals surface area contributed by atoms with Crippen LogP contribution >= 0.6 is 0 Å². The van der Waals surface area contributed by atoms with E-state index in [1.165, 1.54) is 16.8 Å². The summed E-state index contributed by atoms with van der Waals surface area (Å²) in [7, 11) is 0. The van der Waals surface area contributed by atoms with Gasteiger partial charge in [-0.05, 0) is 13.0 Å². The van der Waals surface area contributed by atoms with Gasteiger partial charge in [-0.15, -0.1) is 0 Å². The largest absolute Gasteiger partial charge is 0.503 e. The Morgan fingerprint density at radius 2 is 2.10 bits per heavy atom. The molecule has 1 atom stereocenters. The minimum atomic E-state index is -1.02. The number of likely N-dealkylation sites (N-methyl/N-ethyl adjacent to an activating group) is 1. The SMILES string of the molecule is CCC(C(=O)O)n1cc(O)c(=O)cc1CN(CC)CCO. The molecule has 7 nitrogen and oxygen atoms in total. The van der Waals surface area contributed by atoms with Crippen molar-refractivity contribution in [3.8, 4) is 5.75 Å². The average Bonchev–Trinajstić information content (AvgIpc) is 2.43. The third-order valence-corrected chi connectivity index (χ3v) is 3.40. The van der Waals surface area contributed by atoms with E-state index in [1.807, 2.05) is 11.8 Å². The summed E-state index contributed by atoms with van der Waals surface area (Å²) >= 11 is 0. The molecule has 0 aromatic carbocycles. The van der Waals surface area contributed by atoms with Crippen LogP contribution in [-0.4, -0.2) is 50.5 Å². The molecule has 0 radical (unpaired) electrons. The number of carboxylic acids is 1. The van der Waals surface area contributed by atoms with Crippen LogP contribution in [0.1, 0.15) is 32.0 Å². The molecule has 1 aromatic heterocycles. The number of aromatic nitrogens is 1. The zero-order chi connectivity index (χ0) is 16.0. The molecule has 1 aromatic rings. The number of aliphatic carboxylic acids is 1. The number of nitrogens with zero attached hydrogens (tertiary/aromatic N) is 2. The first kappa shape index (κ1) is 17.2. The summed E-state index contributed by atoms with van der Waals surface area (Å²) in [5.41, 5.74) is -0.0381. The lowest BCUT2D eigenvalue weighted by atomic mass is 10.2. The van der Waals surface area contributed by atoms with E-state index >= 15 is 0 Å². The first-order chi connectivity index (χ1) is 9.94. The van der Waals surface area contributed by atoms with Gasteiger partial charge in [-0.25, -0.2) is 4.79 Å². The molecule has 7 heteroatoms. The van der Waals surface area contributed by atoms with Crippen molar-refractivity contribution in [3.05, 3.63) is 28.2 Å². The predicted molar refractivity (Wildman–Crippen MR) is 77.4 cm³/mol. The molecule has 0 aliphatic rings. The number of hydrogen-bond acceptors (Lipinski definition) is 5. The molecule has 0 amide bonds. The fourth-order valence-electron chi connectivity index (χ4n) is 2.21. The maximum atomic E-state index is 11.6. The second-order valence-corrected chi connectivity index (χ2v) is 4.78. The van der Waals surface area contributed by atoms with Gasteiger partial charge in [0.1, 0.15) is 6.04 Å². The molecule has 0 saturated heterocycles. The summed E-state index contributed by atoms with van der Waals surface area (Å²) in [6, 6.07) is 0.403. The normalized spacial score (nSPS) is 12.6. The van der Waals surface area contributed by atoms with E-state index in [0.29, 0.717) is 31.7 Å². The highest BCUT2D eigenvalue weighted by atomic mass is 16.4. The van der Waals surface area contributed by atoms with Gasteiger partial charge in [0.2, 0.25) is 5.43 Å². The summed E-state index contributed by atoms with van der Waals surface area (Å²) in [5.74, 6) is -1.49. The Kier molecular flexibility index (Phi) is 6.39. The fraction of sp³-hybridized carbons (Fsp3) is 0.571. The standard InChI is InChI=1S/C14H22N2O5/c1-3-11(14(20)21)16-9-13(19)12(18)7-10(16)8-15(4-2)5-6-17/h7,9,11,17,19H,3-6,8H2,1-2H3,(H,20,21). The lowest BCUT2D eigenvalue weighted by Gasteiger charge is -2.24. The fourth-order valence-corrected chi connectivity index (χ4v) is 2.21. The average molecular weight is 298 g/mol. The van der Waals surface area contributed by atoms with Crippen LogP contribution in [0.15, 0.2) is 17.1 Å². The van der Waals surface area contributed by atoms with E-state index in [-0.39, 0.29) is 6.61 Å². The second-order valence-electron chi connectivity index (χ2n) is 4.78. The predicted octanol–water partition coefficient (Wildman–Crippen LogP) is 0.404. The molecular formula is C14H22N2O5. The number of carboxylic acid groups (broad SMARTS) is 1. The third kappa shape index (κ3) is 4.30. The number of rotatable bonds is 8. The monoisotopic (exact) mass is 298 g/mol.